The molecule has 1 aromatic heterocycles. The number of hydrogen-bond donors (Lipinski definition) is 1. The van der Waals surface area contributed by atoms with Crippen molar-refractivity contribution in [1.82, 2.24) is 9.97 Å². The minimum atomic E-state index is -1.10. The lowest BCUT2D eigenvalue weighted by atomic mass is 10.6. The van der Waals surface area contributed by atoms with E-state index in [4.69, 9.17) is 5.11 Å². The minimum Gasteiger partial charge on any atom is -0.475 e. The third kappa shape index (κ3) is 2.10. The molecule has 0 aliphatic heterocycles. The van der Waals surface area contributed by atoms with Crippen molar-refractivity contribution in [2.75, 3.05) is 0 Å². The quantitative estimate of drug-likeness (QED) is 0.734. The molecule has 1 rings (SSSR count). The van der Waals surface area contributed by atoms with Crippen molar-refractivity contribution in [2.24, 2.45) is 0 Å². The second kappa shape index (κ2) is 3.94. The maximum atomic E-state index is 10.1. The second-order valence-electron chi connectivity index (χ2n) is 1.38. The highest BCUT2D eigenvalue weighted by molar-refractivity contribution is 8.93. The summed E-state index contributed by atoms with van der Waals surface area (Å²) >= 11 is 0. The third-order valence-electron chi connectivity index (χ3n) is 0.757. The van der Waals surface area contributed by atoms with E-state index in [-0.39, 0.29) is 22.8 Å². The van der Waals surface area contributed by atoms with Crippen LogP contribution in [0, 0.1) is 0 Å². The van der Waals surface area contributed by atoms with Crippen LogP contribution in [0.1, 0.15) is 10.6 Å². The number of carboxylic acids is 1. The van der Waals surface area contributed by atoms with Crippen LogP contribution in [0.5, 0.6) is 0 Å². The molecule has 0 amide bonds. The minimum absolute atomic E-state index is 0. The Kier molecular flexibility index (Phi) is 3.56. The van der Waals surface area contributed by atoms with E-state index in [9.17, 15) is 4.79 Å². The van der Waals surface area contributed by atoms with Gasteiger partial charge >= 0.3 is 5.97 Å². The van der Waals surface area contributed by atoms with Crippen LogP contribution in [0.2, 0.25) is 0 Å². The molecule has 0 saturated heterocycles. The lowest BCUT2D eigenvalue weighted by Crippen LogP contribution is -2.01. The summed E-state index contributed by atoms with van der Waals surface area (Å²) in [5.41, 5.74) is 0. The van der Waals surface area contributed by atoms with E-state index in [0.29, 0.717) is 0 Å². The second-order valence-corrected chi connectivity index (χ2v) is 1.38. The molecule has 0 bridgehead atoms. The Hall–Kier alpha value is -0.970. The molecule has 0 spiro atoms. The van der Waals surface area contributed by atoms with Crippen LogP contribution in [0.25, 0.3) is 0 Å². The van der Waals surface area contributed by atoms with Crippen LogP contribution in [-0.2, 0) is 0 Å². The maximum absolute atomic E-state index is 10.1. The van der Waals surface area contributed by atoms with E-state index in [1.165, 1.54) is 12.4 Å². The largest absolute Gasteiger partial charge is 0.475 e. The third-order valence-corrected chi connectivity index (χ3v) is 0.757. The fraction of sp³-hybridized carbons (Fsp3) is 0. The Balaban J connectivity index is 0.000000810. The summed E-state index contributed by atoms with van der Waals surface area (Å²) in [5.74, 6) is -1.27. The first-order valence-electron chi connectivity index (χ1n) is 2.31. The summed E-state index contributed by atoms with van der Waals surface area (Å²) in [6, 6.07) is 1.56. The molecular formula is C5H5BrN2O2. The van der Waals surface area contributed by atoms with Crippen LogP contribution < -0.4 is 0 Å². The number of aromatic nitrogens is 2. The summed E-state index contributed by atoms with van der Waals surface area (Å²) in [7, 11) is 0. The first-order valence-corrected chi connectivity index (χ1v) is 2.31. The standard InChI is InChI=1S/C5H4N2O2.BrH/c8-5(9)4-6-2-1-3-7-4;/h1-3H,(H,8,9);1H. The molecule has 4 nitrogen and oxygen atoms in total. The number of carbonyl (C=O) groups is 1. The number of halogens is 1. The molecule has 0 aliphatic rings. The normalized spacial score (nSPS) is 8.00. The lowest BCUT2D eigenvalue weighted by Gasteiger charge is -1.86. The van der Waals surface area contributed by atoms with Crippen molar-refractivity contribution in [3.63, 3.8) is 0 Å². The summed E-state index contributed by atoms with van der Waals surface area (Å²) in [6.07, 6.45) is 2.77. The van der Waals surface area contributed by atoms with E-state index >= 15 is 0 Å². The maximum Gasteiger partial charge on any atom is 0.373 e. The van der Waals surface area contributed by atoms with Gasteiger partial charge in [-0.25, -0.2) is 14.8 Å². The van der Waals surface area contributed by atoms with Crippen LogP contribution in [-0.4, -0.2) is 21.0 Å². The molecule has 54 valence electrons. The van der Waals surface area contributed by atoms with Gasteiger partial charge in [-0.05, 0) is 6.07 Å². The molecule has 0 atom stereocenters. The molecule has 0 saturated carbocycles. The zero-order valence-electron chi connectivity index (χ0n) is 4.89. The predicted octanol–water partition coefficient (Wildman–Crippen LogP) is 0.753. The van der Waals surface area contributed by atoms with Gasteiger partial charge in [0.25, 0.3) is 0 Å². The smallest absolute Gasteiger partial charge is 0.373 e. The Morgan fingerprint density at radius 1 is 1.40 bits per heavy atom. The number of rotatable bonds is 1. The highest BCUT2D eigenvalue weighted by Gasteiger charge is 2.01. The molecule has 10 heavy (non-hydrogen) atoms. The SMILES string of the molecule is Br.O=C(O)c1ncccn1. The molecule has 0 fully saturated rings. The summed E-state index contributed by atoms with van der Waals surface area (Å²) in [5, 5.41) is 8.26. The summed E-state index contributed by atoms with van der Waals surface area (Å²) < 4.78 is 0. The fourth-order valence-electron chi connectivity index (χ4n) is 0.410. The van der Waals surface area contributed by atoms with E-state index in [2.05, 4.69) is 9.97 Å². The molecule has 1 aromatic rings. The van der Waals surface area contributed by atoms with Crippen molar-refractivity contribution < 1.29 is 9.90 Å². The highest BCUT2D eigenvalue weighted by Crippen LogP contribution is 1.84. The van der Waals surface area contributed by atoms with E-state index in [1.807, 2.05) is 0 Å². The average molecular weight is 205 g/mol. The monoisotopic (exact) mass is 204 g/mol. The number of nitrogens with zero attached hydrogens (tertiary/aromatic N) is 2. The van der Waals surface area contributed by atoms with Gasteiger partial charge in [-0.15, -0.1) is 17.0 Å². The van der Waals surface area contributed by atoms with E-state index < -0.39 is 5.97 Å². The summed E-state index contributed by atoms with van der Waals surface area (Å²) in [6.45, 7) is 0. The molecule has 5 heteroatoms. The first kappa shape index (κ1) is 9.03. The van der Waals surface area contributed by atoms with Gasteiger partial charge in [-0.2, -0.15) is 0 Å². The average Bonchev–Trinajstić information content (AvgIpc) is 1.90. The molecule has 1 heterocycles. The Morgan fingerprint density at radius 3 is 2.20 bits per heavy atom. The molecular weight excluding hydrogens is 200 g/mol. The lowest BCUT2D eigenvalue weighted by molar-refractivity contribution is 0.0683. The van der Waals surface area contributed by atoms with Crippen molar-refractivity contribution in [2.45, 2.75) is 0 Å². The Morgan fingerprint density at radius 2 is 1.90 bits per heavy atom. The number of hydrogen-bond acceptors (Lipinski definition) is 3. The molecule has 0 aromatic carbocycles. The van der Waals surface area contributed by atoms with E-state index in [1.54, 1.807) is 6.07 Å². The van der Waals surface area contributed by atoms with Gasteiger partial charge in [-0.1, -0.05) is 0 Å². The molecule has 0 radical (unpaired) electrons. The van der Waals surface area contributed by atoms with Crippen LogP contribution in [0.3, 0.4) is 0 Å². The van der Waals surface area contributed by atoms with Crippen LogP contribution >= 0.6 is 17.0 Å². The zero-order chi connectivity index (χ0) is 6.69. The number of aromatic carboxylic acids is 1. The molecule has 1 N–H and O–H groups in total. The molecule has 0 unspecified atom stereocenters. The van der Waals surface area contributed by atoms with Crippen molar-refractivity contribution in [3.8, 4) is 0 Å². The Labute approximate surface area is 67.7 Å². The van der Waals surface area contributed by atoms with Gasteiger partial charge in [0, 0.05) is 12.4 Å². The van der Waals surface area contributed by atoms with Gasteiger partial charge in [0.2, 0.25) is 5.82 Å². The summed E-state index contributed by atoms with van der Waals surface area (Å²) in [4.78, 5) is 17.0. The zero-order valence-corrected chi connectivity index (χ0v) is 6.60. The van der Waals surface area contributed by atoms with Gasteiger partial charge in [0.05, 0.1) is 0 Å². The van der Waals surface area contributed by atoms with Gasteiger partial charge < -0.3 is 5.11 Å². The van der Waals surface area contributed by atoms with Crippen molar-refractivity contribution in [3.05, 3.63) is 24.3 Å². The van der Waals surface area contributed by atoms with Crippen molar-refractivity contribution >= 4 is 23.0 Å². The van der Waals surface area contributed by atoms with Crippen LogP contribution in [0.15, 0.2) is 18.5 Å². The first-order chi connectivity index (χ1) is 4.30. The topological polar surface area (TPSA) is 63.1 Å². The van der Waals surface area contributed by atoms with E-state index in [0.717, 1.165) is 0 Å². The predicted molar refractivity (Wildman–Crippen MR) is 39.3 cm³/mol. The highest BCUT2D eigenvalue weighted by atomic mass is 79.9. The van der Waals surface area contributed by atoms with Crippen molar-refractivity contribution in [1.29, 1.82) is 0 Å². The van der Waals surface area contributed by atoms with Gasteiger partial charge in [0.1, 0.15) is 0 Å². The Bertz CT molecular complexity index is 214. The van der Waals surface area contributed by atoms with Gasteiger partial charge in [-0.3, -0.25) is 0 Å². The number of carboxylic acid groups (broad SMARTS) is 1. The molecule has 0 aliphatic carbocycles. The van der Waals surface area contributed by atoms with Gasteiger partial charge in [0.15, 0.2) is 0 Å². The fourth-order valence-corrected chi connectivity index (χ4v) is 0.410. The van der Waals surface area contributed by atoms with Crippen LogP contribution in [0.4, 0.5) is 0 Å².